The van der Waals surface area contributed by atoms with Gasteiger partial charge in [-0.1, -0.05) is 0 Å². The molecule has 2 aliphatic rings. The molecule has 94 valence electrons. The van der Waals surface area contributed by atoms with Crippen molar-refractivity contribution in [1.82, 2.24) is 10.0 Å². The molecule has 1 aromatic carbocycles. The molecule has 2 atom stereocenters. The maximum Gasteiger partial charge on any atom is 0.240 e. The van der Waals surface area contributed by atoms with E-state index in [0.29, 0.717) is 17.4 Å². The van der Waals surface area contributed by atoms with E-state index in [-0.39, 0.29) is 10.9 Å². The van der Waals surface area contributed by atoms with Crippen molar-refractivity contribution < 1.29 is 8.42 Å². The zero-order valence-electron chi connectivity index (χ0n) is 9.63. The fourth-order valence-electron chi connectivity index (χ4n) is 2.55. The predicted octanol–water partition coefficient (Wildman–Crippen LogP) is 0.0544. The van der Waals surface area contributed by atoms with Crippen LogP contribution < -0.4 is 10.0 Å². The Hall–Kier alpha value is -1.42. The van der Waals surface area contributed by atoms with Gasteiger partial charge in [0.2, 0.25) is 10.0 Å². The molecular formula is C12H13N3O2S. The number of rotatable bonds is 3. The summed E-state index contributed by atoms with van der Waals surface area (Å²) in [4.78, 5) is 0.222. The van der Waals surface area contributed by atoms with Gasteiger partial charge in [-0.2, -0.15) is 5.26 Å². The van der Waals surface area contributed by atoms with Crippen LogP contribution in [0.2, 0.25) is 0 Å². The van der Waals surface area contributed by atoms with E-state index in [1.807, 2.05) is 6.07 Å². The number of nitrogens with one attached hydrogen (secondary N) is 2. The lowest BCUT2D eigenvalue weighted by Gasteiger charge is -2.08. The van der Waals surface area contributed by atoms with Crippen LogP contribution in [0, 0.1) is 23.2 Å². The van der Waals surface area contributed by atoms with Gasteiger partial charge in [-0.05, 0) is 49.2 Å². The molecule has 1 aliphatic heterocycles. The summed E-state index contributed by atoms with van der Waals surface area (Å²) in [6, 6.07) is 8.02. The highest BCUT2D eigenvalue weighted by Crippen LogP contribution is 2.42. The molecule has 18 heavy (non-hydrogen) atoms. The van der Waals surface area contributed by atoms with E-state index in [2.05, 4.69) is 10.0 Å². The summed E-state index contributed by atoms with van der Waals surface area (Å²) < 4.78 is 26.9. The first kappa shape index (κ1) is 11.7. The quantitative estimate of drug-likeness (QED) is 0.807. The second-order valence-corrected chi connectivity index (χ2v) is 6.48. The molecule has 2 fully saturated rings. The molecule has 5 nitrogen and oxygen atoms in total. The van der Waals surface area contributed by atoms with Gasteiger partial charge in [-0.3, -0.25) is 0 Å². The Kier molecular flexibility index (Phi) is 2.63. The van der Waals surface area contributed by atoms with Crippen LogP contribution in [0.3, 0.4) is 0 Å². The molecule has 1 aromatic rings. The van der Waals surface area contributed by atoms with E-state index >= 15 is 0 Å². The first-order valence-corrected chi connectivity index (χ1v) is 7.33. The number of hydrogen-bond donors (Lipinski definition) is 2. The van der Waals surface area contributed by atoms with Crippen molar-refractivity contribution in [3.8, 4) is 6.07 Å². The molecule has 0 aromatic heterocycles. The van der Waals surface area contributed by atoms with E-state index in [9.17, 15) is 8.42 Å². The molecule has 3 rings (SSSR count). The van der Waals surface area contributed by atoms with Gasteiger partial charge in [0.25, 0.3) is 0 Å². The topological polar surface area (TPSA) is 82.0 Å². The average Bonchev–Trinajstić information content (AvgIpc) is 2.80. The fourth-order valence-corrected chi connectivity index (χ4v) is 3.89. The number of nitrogens with zero attached hydrogens (tertiary/aromatic N) is 1. The molecule has 1 aliphatic carbocycles. The SMILES string of the molecule is N#Cc1ccc(S(=O)(=O)NC2C3CNCC32)cc1. The van der Waals surface area contributed by atoms with Crippen molar-refractivity contribution in [2.24, 2.45) is 11.8 Å². The zero-order valence-corrected chi connectivity index (χ0v) is 10.4. The summed E-state index contributed by atoms with van der Waals surface area (Å²) in [6.45, 7) is 1.79. The molecule has 2 N–H and O–H groups in total. The standard InChI is InChI=1S/C12H13N3O2S/c13-5-8-1-3-9(4-2-8)18(16,17)15-12-10-6-14-7-11(10)12/h1-4,10-12,14-15H,6-7H2. The number of fused-ring (bicyclic) bond motifs is 1. The summed E-state index contributed by atoms with van der Waals surface area (Å²) in [5, 5.41) is 11.9. The second kappa shape index (κ2) is 4.05. The van der Waals surface area contributed by atoms with Gasteiger partial charge >= 0.3 is 0 Å². The van der Waals surface area contributed by atoms with Crippen LogP contribution in [0.4, 0.5) is 0 Å². The molecule has 0 bridgehead atoms. The van der Waals surface area contributed by atoms with Crippen LogP contribution in [-0.4, -0.2) is 27.5 Å². The Morgan fingerprint density at radius 3 is 2.39 bits per heavy atom. The maximum atomic E-state index is 12.1. The summed E-state index contributed by atoms with van der Waals surface area (Å²) in [7, 11) is -3.45. The minimum Gasteiger partial charge on any atom is -0.316 e. The highest BCUT2D eigenvalue weighted by Gasteiger charge is 2.54. The third-order valence-electron chi connectivity index (χ3n) is 3.68. The van der Waals surface area contributed by atoms with Crippen molar-refractivity contribution in [3.63, 3.8) is 0 Å². The van der Waals surface area contributed by atoms with E-state index in [1.165, 1.54) is 24.3 Å². The van der Waals surface area contributed by atoms with Crippen LogP contribution in [0.1, 0.15) is 5.56 Å². The molecular weight excluding hydrogens is 250 g/mol. The van der Waals surface area contributed by atoms with Gasteiger partial charge in [0, 0.05) is 6.04 Å². The van der Waals surface area contributed by atoms with Crippen LogP contribution in [0.25, 0.3) is 0 Å². The number of benzene rings is 1. The third kappa shape index (κ3) is 1.90. The molecule has 0 amide bonds. The van der Waals surface area contributed by atoms with E-state index in [4.69, 9.17) is 5.26 Å². The first-order chi connectivity index (χ1) is 8.62. The van der Waals surface area contributed by atoms with Crippen molar-refractivity contribution in [2.75, 3.05) is 13.1 Å². The molecule has 1 saturated heterocycles. The fraction of sp³-hybridized carbons (Fsp3) is 0.417. The second-order valence-electron chi connectivity index (χ2n) is 4.77. The van der Waals surface area contributed by atoms with Crippen molar-refractivity contribution in [3.05, 3.63) is 29.8 Å². The highest BCUT2D eigenvalue weighted by atomic mass is 32.2. The van der Waals surface area contributed by atoms with Crippen LogP contribution in [0.15, 0.2) is 29.2 Å². The van der Waals surface area contributed by atoms with Crippen LogP contribution >= 0.6 is 0 Å². The van der Waals surface area contributed by atoms with Gasteiger partial charge in [0.15, 0.2) is 0 Å². The minimum absolute atomic E-state index is 0.0758. The van der Waals surface area contributed by atoms with Gasteiger partial charge in [0.1, 0.15) is 0 Å². The summed E-state index contributed by atoms with van der Waals surface area (Å²) in [6.07, 6.45) is 0. The summed E-state index contributed by atoms with van der Waals surface area (Å²) >= 11 is 0. The van der Waals surface area contributed by atoms with Crippen molar-refractivity contribution in [1.29, 1.82) is 5.26 Å². The van der Waals surface area contributed by atoms with Gasteiger partial charge in [-0.25, -0.2) is 13.1 Å². The summed E-state index contributed by atoms with van der Waals surface area (Å²) in [5.74, 6) is 0.885. The number of hydrogen-bond acceptors (Lipinski definition) is 4. The van der Waals surface area contributed by atoms with Gasteiger partial charge in [0.05, 0.1) is 16.5 Å². The average molecular weight is 263 g/mol. The van der Waals surface area contributed by atoms with E-state index < -0.39 is 10.0 Å². The molecule has 0 radical (unpaired) electrons. The molecule has 0 spiro atoms. The third-order valence-corrected chi connectivity index (χ3v) is 5.15. The minimum atomic E-state index is -3.45. The van der Waals surface area contributed by atoms with E-state index in [0.717, 1.165) is 13.1 Å². The largest absolute Gasteiger partial charge is 0.316 e. The smallest absolute Gasteiger partial charge is 0.240 e. The first-order valence-electron chi connectivity index (χ1n) is 5.85. The zero-order chi connectivity index (χ0) is 12.8. The van der Waals surface area contributed by atoms with Gasteiger partial charge < -0.3 is 5.32 Å². The molecule has 1 saturated carbocycles. The van der Waals surface area contributed by atoms with Crippen molar-refractivity contribution in [2.45, 2.75) is 10.9 Å². The lowest BCUT2D eigenvalue weighted by Crippen LogP contribution is -2.32. The Labute approximate surface area is 106 Å². The highest BCUT2D eigenvalue weighted by molar-refractivity contribution is 7.89. The van der Waals surface area contributed by atoms with Crippen LogP contribution in [0.5, 0.6) is 0 Å². The monoisotopic (exact) mass is 263 g/mol. The molecule has 2 unspecified atom stereocenters. The number of piperidine rings is 1. The Morgan fingerprint density at radius 1 is 1.22 bits per heavy atom. The Morgan fingerprint density at radius 2 is 1.83 bits per heavy atom. The lowest BCUT2D eigenvalue weighted by atomic mass is 10.2. The number of nitriles is 1. The van der Waals surface area contributed by atoms with Crippen molar-refractivity contribution >= 4 is 10.0 Å². The maximum absolute atomic E-state index is 12.1. The van der Waals surface area contributed by atoms with E-state index in [1.54, 1.807) is 0 Å². The van der Waals surface area contributed by atoms with Crippen LogP contribution in [-0.2, 0) is 10.0 Å². The molecule has 6 heteroatoms. The Balaban J connectivity index is 1.76. The number of sulfonamides is 1. The lowest BCUT2D eigenvalue weighted by molar-refractivity contribution is 0.565. The van der Waals surface area contributed by atoms with Gasteiger partial charge in [-0.15, -0.1) is 0 Å². The normalized spacial score (nSPS) is 29.6. The molecule has 1 heterocycles. The Bertz CT molecular complexity index is 593. The summed E-state index contributed by atoms with van der Waals surface area (Å²) in [5.41, 5.74) is 0.460. The predicted molar refractivity (Wildman–Crippen MR) is 65.1 cm³/mol.